The van der Waals surface area contributed by atoms with Gasteiger partial charge in [0.05, 0.1) is 0 Å². The van der Waals surface area contributed by atoms with Crippen molar-refractivity contribution in [1.82, 2.24) is 19.9 Å². The third-order valence-corrected chi connectivity index (χ3v) is 8.81. The summed E-state index contributed by atoms with van der Waals surface area (Å²) < 4.78 is 4.68. The van der Waals surface area contributed by atoms with E-state index in [4.69, 9.17) is 0 Å². The minimum Gasteiger partial charge on any atom is -0.376 e. The van der Waals surface area contributed by atoms with Gasteiger partial charge in [-0.25, -0.2) is 15.0 Å². The number of nitrogens with zero attached hydrogens (tertiary/aromatic N) is 4. The number of hydrogen-bond donors (Lipinski definition) is 0. The summed E-state index contributed by atoms with van der Waals surface area (Å²) in [6, 6.07) is 0. The zero-order chi connectivity index (χ0) is 31.1. The Hall–Kier alpha value is -2.38. The highest BCUT2D eigenvalue weighted by Crippen LogP contribution is 2.17. The van der Waals surface area contributed by atoms with E-state index >= 15 is 0 Å². The van der Waals surface area contributed by atoms with Gasteiger partial charge in [0.25, 0.3) is 0 Å². The maximum Gasteiger partial charge on any atom is 0.222 e. The van der Waals surface area contributed by atoms with Gasteiger partial charge in [-0.2, -0.15) is 0 Å². The standard InChI is InChI=1S/C14H20N2O2S.C9H13NOS.C7H9NO2S.ClH/c1-11-10-15-14(19-11)12(17)6-5-7-13(18)16-8-3-2-4-9-16;1-6(2)4-8(11)9-10-5-7(3)12-9;1-5-3-8-7(11-5)6(9)4-10-2;/h10H,2-9H2,1H3;5-6H,4H2,1-3H3;3H,4H2,1-2H3;1H. The number of thiazole rings is 3. The van der Waals surface area contributed by atoms with Crippen LogP contribution in [0.5, 0.6) is 0 Å². The number of piperidine rings is 1. The lowest BCUT2D eigenvalue weighted by atomic mass is 10.1. The Morgan fingerprint density at radius 2 is 1.23 bits per heavy atom. The third-order valence-electron chi connectivity index (χ3n) is 5.95. The zero-order valence-corrected chi connectivity index (χ0v) is 29.1. The second-order valence-electron chi connectivity index (χ2n) is 10.4. The molecule has 0 N–H and O–H groups in total. The minimum atomic E-state index is -0.0504. The van der Waals surface area contributed by atoms with E-state index in [1.807, 2.05) is 39.5 Å². The molecule has 4 rings (SSSR count). The smallest absolute Gasteiger partial charge is 0.222 e. The van der Waals surface area contributed by atoms with Crippen molar-refractivity contribution in [1.29, 1.82) is 0 Å². The Kier molecular flexibility index (Phi) is 18.5. The molecule has 13 heteroatoms. The summed E-state index contributed by atoms with van der Waals surface area (Å²) in [7, 11) is 1.50. The Morgan fingerprint density at radius 3 is 1.65 bits per heavy atom. The van der Waals surface area contributed by atoms with E-state index in [1.54, 1.807) is 18.6 Å². The van der Waals surface area contributed by atoms with Crippen molar-refractivity contribution < 1.29 is 23.9 Å². The second kappa shape index (κ2) is 20.6. The van der Waals surface area contributed by atoms with Crippen LogP contribution >= 0.6 is 46.4 Å². The van der Waals surface area contributed by atoms with Crippen LogP contribution in [0.3, 0.4) is 0 Å². The van der Waals surface area contributed by atoms with Gasteiger partial charge in [0.2, 0.25) is 11.7 Å². The number of carbonyl (C=O) groups excluding carboxylic acids is 4. The zero-order valence-electron chi connectivity index (χ0n) is 25.8. The highest BCUT2D eigenvalue weighted by Gasteiger charge is 2.17. The second-order valence-corrected chi connectivity index (χ2v) is 14.1. The first-order chi connectivity index (χ1) is 20.0. The van der Waals surface area contributed by atoms with Gasteiger partial charge >= 0.3 is 0 Å². The van der Waals surface area contributed by atoms with Gasteiger partial charge < -0.3 is 9.64 Å². The Labute approximate surface area is 272 Å². The molecule has 1 aliphatic rings. The molecule has 4 heterocycles. The molecule has 3 aromatic heterocycles. The van der Waals surface area contributed by atoms with Gasteiger partial charge in [0.15, 0.2) is 26.6 Å². The average molecular weight is 671 g/mol. The quantitative estimate of drug-likeness (QED) is 0.197. The molecule has 0 bridgehead atoms. The lowest BCUT2D eigenvalue weighted by molar-refractivity contribution is -0.132. The van der Waals surface area contributed by atoms with Crippen molar-refractivity contribution in [2.75, 3.05) is 26.8 Å². The van der Waals surface area contributed by atoms with Crippen LogP contribution in [0.15, 0.2) is 18.6 Å². The number of Topliss-reactive ketones (excluding diaryl/α,β-unsaturated/α-hetero) is 3. The monoisotopic (exact) mass is 670 g/mol. The van der Waals surface area contributed by atoms with Crippen molar-refractivity contribution in [2.24, 2.45) is 5.92 Å². The fourth-order valence-corrected chi connectivity index (χ4v) is 6.04. The van der Waals surface area contributed by atoms with Crippen molar-refractivity contribution in [3.63, 3.8) is 0 Å². The fourth-order valence-electron chi connectivity index (χ4n) is 3.91. The highest BCUT2D eigenvalue weighted by atomic mass is 35.5. The maximum absolute atomic E-state index is 11.9. The SMILES string of the molecule is COCC(=O)c1ncc(C)s1.Cc1cnc(C(=O)CC(C)C)s1.Cc1cnc(C(=O)CCCC(=O)N2CCCCC2)s1.Cl. The van der Waals surface area contributed by atoms with E-state index in [0.29, 0.717) is 46.6 Å². The molecular weight excluding hydrogens is 628 g/mol. The van der Waals surface area contributed by atoms with Crippen LogP contribution in [0.1, 0.15) is 103 Å². The molecule has 0 spiro atoms. The number of amides is 1. The van der Waals surface area contributed by atoms with Crippen LogP contribution in [-0.2, 0) is 9.53 Å². The van der Waals surface area contributed by atoms with Crippen molar-refractivity contribution in [3.05, 3.63) is 48.2 Å². The summed E-state index contributed by atoms with van der Waals surface area (Å²) in [6.07, 6.45) is 10.8. The van der Waals surface area contributed by atoms with Gasteiger partial charge in [-0.1, -0.05) is 13.8 Å². The van der Waals surface area contributed by atoms with Crippen molar-refractivity contribution >= 4 is 69.7 Å². The number of ketones is 3. The number of rotatable bonds is 11. The number of methoxy groups -OCH3 is 1. The Morgan fingerprint density at radius 1 is 0.767 bits per heavy atom. The molecule has 238 valence electrons. The van der Waals surface area contributed by atoms with Crippen LogP contribution in [0.4, 0.5) is 0 Å². The third kappa shape index (κ3) is 14.8. The van der Waals surface area contributed by atoms with Gasteiger partial charge in [-0.3, -0.25) is 19.2 Å². The van der Waals surface area contributed by atoms with Crippen molar-refractivity contribution in [3.8, 4) is 0 Å². The first-order valence-corrected chi connectivity index (χ1v) is 16.6. The largest absolute Gasteiger partial charge is 0.376 e. The van der Waals surface area contributed by atoms with Gasteiger partial charge in [-0.05, 0) is 52.4 Å². The summed E-state index contributed by atoms with van der Waals surface area (Å²) in [5.41, 5.74) is 0. The molecule has 0 radical (unpaired) electrons. The normalized spacial score (nSPS) is 12.4. The number of hydrogen-bond acceptors (Lipinski definition) is 11. The lowest BCUT2D eigenvalue weighted by Crippen LogP contribution is -2.35. The Balaban J connectivity index is 0.000000336. The van der Waals surface area contributed by atoms with Crippen molar-refractivity contribution in [2.45, 2.75) is 79.6 Å². The van der Waals surface area contributed by atoms with Crippen LogP contribution < -0.4 is 0 Å². The van der Waals surface area contributed by atoms with E-state index in [2.05, 4.69) is 19.7 Å². The fraction of sp³-hybridized carbons (Fsp3) is 0.567. The predicted molar refractivity (Wildman–Crippen MR) is 176 cm³/mol. The maximum atomic E-state index is 11.9. The molecule has 1 aliphatic heterocycles. The molecule has 3 aromatic rings. The van der Waals surface area contributed by atoms with E-state index in [1.165, 1.54) is 47.5 Å². The number of aryl methyl sites for hydroxylation is 3. The lowest BCUT2D eigenvalue weighted by Gasteiger charge is -2.26. The van der Waals surface area contributed by atoms with E-state index in [0.717, 1.165) is 40.6 Å². The summed E-state index contributed by atoms with van der Waals surface area (Å²) >= 11 is 4.30. The summed E-state index contributed by atoms with van der Waals surface area (Å²) in [5, 5.41) is 1.76. The summed E-state index contributed by atoms with van der Waals surface area (Å²) in [5.74, 6) is 0.794. The predicted octanol–water partition coefficient (Wildman–Crippen LogP) is 7.20. The average Bonchev–Trinajstić information content (AvgIpc) is 3.71. The van der Waals surface area contributed by atoms with E-state index < -0.39 is 0 Å². The Bertz CT molecular complexity index is 1300. The van der Waals surface area contributed by atoms with Gasteiger partial charge in [0, 0.05) is 72.7 Å². The molecule has 0 unspecified atom stereocenters. The molecule has 0 aromatic carbocycles. The molecule has 0 aliphatic carbocycles. The first-order valence-electron chi connectivity index (χ1n) is 14.1. The summed E-state index contributed by atoms with van der Waals surface area (Å²) in [4.78, 5) is 63.4. The van der Waals surface area contributed by atoms with Crippen LogP contribution in [-0.4, -0.2) is 69.9 Å². The molecule has 1 fully saturated rings. The number of ether oxygens (including phenoxy) is 1. The van der Waals surface area contributed by atoms with E-state index in [-0.39, 0.29) is 42.3 Å². The molecule has 1 saturated heterocycles. The summed E-state index contributed by atoms with van der Waals surface area (Å²) in [6.45, 7) is 11.8. The number of likely N-dealkylation sites (tertiary alicyclic amines) is 1. The molecule has 43 heavy (non-hydrogen) atoms. The number of carbonyl (C=O) groups is 4. The topological polar surface area (TPSA) is 119 Å². The number of aromatic nitrogens is 3. The first kappa shape index (κ1) is 38.6. The molecule has 0 saturated carbocycles. The minimum absolute atomic E-state index is 0. The molecule has 0 atom stereocenters. The van der Waals surface area contributed by atoms with Gasteiger partial charge in [0.1, 0.15) is 6.61 Å². The van der Waals surface area contributed by atoms with Gasteiger partial charge in [-0.15, -0.1) is 46.4 Å². The molecule has 9 nitrogen and oxygen atoms in total. The van der Waals surface area contributed by atoms with Crippen LogP contribution in [0, 0.1) is 26.7 Å². The van der Waals surface area contributed by atoms with Crippen LogP contribution in [0.2, 0.25) is 0 Å². The highest BCUT2D eigenvalue weighted by molar-refractivity contribution is 7.14. The number of halogens is 1. The van der Waals surface area contributed by atoms with Crippen LogP contribution in [0.25, 0.3) is 0 Å². The molecule has 1 amide bonds. The molecular formula is C30H43ClN4O5S3. The van der Waals surface area contributed by atoms with E-state index in [9.17, 15) is 19.2 Å².